The Bertz CT molecular complexity index is 1060. The molecule has 38 heavy (non-hydrogen) atoms. The van der Waals surface area contributed by atoms with Crippen LogP contribution in [0.3, 0.4) is 0 Å². The maximum absolute atomic E-state index is 12.0. The van der Waals surface area contributed by atoms with Crippen LogP contribution in [0, 0.1) is 5.41 Å². The van der Waals surface area contributed by atoms with E-state index in [0.717, 1.165) is 6.42 Å². The molecule has 0 aliphatic heterocycles. The van der Waals surface area contributed by atoms with E-state index in [9.17, 15) is 15.3 Å². The number of para-hydroxylation sites is 3. The van der Waals surface area contributed by atoms with Crippen molar-refractivity contribution in [1.82, 2.24) is 0 Å². The largest absolute Gasteiger partial charge is 3.00 e. The van der Waals surface area contributed by atoms with E-state index in [4.69, 9.17) is 34.8 Å². The van der Waals surface area contributed by atoms with Crippen LogP contribution in [0.2, 0.25) is 0 Å². The van der Waals surface area contributed by atoms with Gasteiger partial charge in [-0.1, -0.05) is 115 Å². The molecule has 0 aliphatic carbocycles. The molecule has 0 spiro atoms. The minimum absolute atomic E-state index is 0. The quantitative estimate of drug-likeness (QED) is 0.183. The molecule has 0 saturated heterocycles. The molecule has 3 aromatic carbocycles. The third-order valence-electron chi connectivity index (χ3n) is 5.48. The Morgan fingerprint density at radius 3 is 1.13 bits per heavy atom. The molecule has 0 bridgehead atoms. The van der Waals surface area contributed by atoms with Gasteiger partial charge < -0.3 is 15.3 Å². The first-order valence-corrected chi connectivity index (χ1v) is 12.8. The van der Waals surface area contributed by atoms with Crippen molar-refractivity contribution < 1.29 is 32.4 Å². The van der Waals surface area contributed by atoms with Gasteiger partial charge in [-0.15, -0.1) is 17.2 Å². The zero-order valence-corrected chi connectivity index (χ0v) is 24.0. The average Bonchev–Trinajstić information content (AvgIpc) is 2.87. The van der Waals surface area contributed by atoms with Gasteiger partial charge in [0.15, 0.2) is 4.30 Å². The van der Waals surface area contributed by atoms with Gasteiger partial charge in [0.25, 0.3) is 0 Å². The fourth-order valence-electron chi connectivity index (χ4n) is 3.26. The van der Waals surface area contributed by atoms with Crippen LogP contribution in [0.1, 0.15) is 30.0 Å². The molecule has 10 heteroatoms. The normalized spacial score (nSPS) is 12.9. The summed E-state index contributed by atoms with van der Waals surface area (Å²) in [5.41, 5.74) is 1.14. The average molecular weight is 616 g/mol. The molecule has 0 heterocycles. The predicted octanol–water partition coefficient (Wildman–Crippen LogP) is 4.94. The van der Waals surface area contributed by atoms with Crippen LogP contribution in [-0.4, -0.2) is 42.6 Å². The minimum atomic E-state index is -0.750. The maximum atomic E-state index is 12.0. The minimum Gasteiger partial charge on any atom is -0.872 e. The van der Waals surface area contributed by atoms with Crippen LogP contribution in [0.15, 0.2) is 87.8 Å². The Balaban J connectivity index is 0.00000135. The Morgan fingerprint density at radius 1 is 0.632 bits per heavy atom. The molecule has 0 atom stereocenters. The topological polar surface area (TPSA) is 106 Å². The van der Waals surface area contributed by atoms with Crippen molar-refractivity contribution in [2.75, 3.05) is 19.6 Å². The predicted molar refractivity (Wildman–Crippen MR) is 149 cm³/mol. The summed E-state index contributed by atoms with van der Waals surface area (Å²) in [6.45, 7) is 3.21. The van der Waals surface area contributed by atoms with Gasteiger partial charge in [-0.25, -0.2) is 0 Å². The van der Waals surface area contributed by atoms with Gasteiger partial charge in [-0.2, -0.15) is 0 Å². The van der Waals surface area contributed by atoms with Gasteiger partial charge >= 0.3 is 17.1 Å². The van der Waals surface area contributed by atoms with Crippen molar-refractivity contribution in [3.63, 3.8) is 0 Å². The van der Waals surface area contributed by atoms with Crippen molar-refractivity contribution in [2.24, 2.45) is 20.4 Å². The summed E-state index contributed by atoms with van der Waals surface area (Å²) >= 11 is 14.4. The first-order chi connectivity index (χ1) is 17.8. The number of hydrogen-bond donors (Lipinski definition) is 0. The van der Waals surface area contributed by atoms with Crippen LogP contribution in [0.25, 0.3) is 0 Å². The maximum Gasteiger partial charge on any atom is 3.00 e. The molecular weight excluding hydrogens is 589 g/mol. The number of nitrogens with zero attached hydrogens (tertiary/aromatic N) is 3. The Hall–Kier alpha value is -2.54. The van der Waals surface area contributed by atoms with Crippen molar-refractivity contribution in [3.05, 3.63) is 89.5 Å². The zero-order valence-electron chi connectivity index (χ0n) is 20.6. The second-order valence-electron chi connectivity index (χ2n) is 8.12. The van der Waals surface area contributed by atoms with Gasteiger partial charge in [0.05, 0.1) is 0 Å². The number of aliphatic imine (C=N–C) groups is 3. The van der Waals surface area contributed by atoms with Crippen molar-refractivity contribution >= 4 is 53.4 Å². The number of rotatable bonds is 10. The molecule has 0 saturated carbocycles. The first kappa shape index (κ1) is 33.5. The van der Waals surface area contributed by atoms with Crippen molar-refractivity contribution in [2.45, 2.75) is 17.6 Å². The first-order valence-electron chi connectivity index (χ1n) is 11.5. The summed E-state index contributed by atoms with van der Waals surface area (Å²) in [5.74, 6) is -0.254. The smallest absolute Gasteiger partial charge is 0.872 e. The van der Waals surface area contributed by atoms with Gasteiger partial charge in [0, 0.05) is 43.7 Å². The van der Waals surface area contributed by atoms with Gasteiger partial charge in [0.2, 0.25) is 0 Å². The van der Waals surface area contributed by atoms with E-state index in [1.54, 1.807) is 73.2 Å². The van der Waals surface area contributed by atoms with Gasteiger partial charge in [-0.05, 0) is 23.1 Å². The second-order valence-corrected chi connectivity index (χ2v) is 10.1. The fraction of sp³-hybridized carbons (Fsp3) is 0.250. The Morgan fingerprint density at radius 2 is 0.895 bits per heavy atom. The molecule has 6 nitrogen and oxygen atoms in total. The number of alkyl halides is 3. The van der Waals surface area contributed by atoms with E-state index in [0.29, 0.717) is 36.3 Å². The van der Waals surface area contributed by atoms with E-state index < -0.39 is 9.71 Å². The molecule has 201 valence electrons. The van der Waals surface area contributed by atoms with E-state index in [2.05, 4.69) is 15.0 Å². The molecule has 3 aromatic rings. The molecule has 0 aromatic heterocycles. The summed E-state index contributed by atoms with van der Waals surface area (Å²) in [4.78, 5) is 13.6. The zero-order chi connectivity index (χ0) is 27.1. The molecule has 1 radical (unpaired) electrons. The molecular formula is C28H27Cl3FeN3O3. The summed E-state index contributed by atoms with van der Waals surface area (Å²) in [7, 11) is 0. The fourth-order valence-corrected chi connectivity index (χ4v) is 3.26. The van der Waals surface area contributed by atoms with Crippen molar-refractivity contribution in [1.29, 1.82) is 0 Å². The van der Waals surface area contributed by atoms with Crippen LogP contribution in [0.4, 0.5) is 0 Å². The molecule has 3 rings (SSSR count). The van der Waals surface area contributed by atoms with E-state index in [1.807, 2.05) is 6.92 Å². The summed E-state index contributed by atoms with van der Waals surface area (Å²) < 4.78 is -0.750. The molecule has 0 fully saturated rings. The van der Waals surface area contributed by atoms with Crippen LogP contribution >= 0.6 is 34.8 Å². The summed E-state index contributed by atoms with van der Waals surface area (Å²) in [5, 5.41) is 35.9. The van der Waals surface area contributed by atoms with Gasteiger partial charge in [0.1, 0.15) is 0 Å². The number of halogens is 3. The van der Waals surface area contributed by atoms with Crippen LogP contribution in [-0.2, 0) is 17.1 Å². The Labute approximate surface area is 249 Å². The van der Waals surface area contributed by atoms with Crippen molar-refractivity contribution in [3.8, 4) is 17.2 Å². The van der Waals surface area contributed by atoms with Crippen LogP contribution < -0.4 is 15.3 Å². The molecule has 0 amide bonds. The second kappa shape index (κ2) is 17.9. The number of benzene rings is 3. The summed E-state index contributed by atoms with van der Waals surface area (Å²) in [6, 6.07) is 20.2. The summed E-state index contributed by atoms with van der Waals surface area (Å²) in [6.07, 6.45) is 5.47. The molecule has 0 N–H and O–H groups in total. The Kier molecular flexibility index (Phi) is 15.8. The third kappa shape index (κ3) is 11.9. The SMILES string of the molecule is CCC(CN=Cc1ccccc1[O-])(CN=Cc1ccccc1[O-])CN=Cc1ccccc1[O-].ClC(Cl)Cl.[Fe+3]. The molecule has 0 unspecified atom stereocenters. The third-order valence-corrected chi connectivity index (χ3v) is 5.48. The van der Waals surface area contributed by atoms with E-state index in [-0.39, 0.29) is 34.3 Å². The molecule has 0 aliphatic rings. The number of hydrogen-bond acceptors (Lipinski definition) is 6. The van der Waals surface area contributed by atoms with E-state index in [1.165, 1.54) is 18.2 Å². The van der Waals surface area contributed by atoms with E-state index >= 15 is 0 Å². The van der Waals surface area contributed by atoms with Crippen LogP contribution in [0.5, 0.6) is 17.2 Å². The van der Waals surface area contributed by atoms with Gasteiger partial charge in [-0.3, -0.25) is 15.0 Å². The monoisotopic (exact) mass is 614 g/mol. The standard InChI is InChI=1S/C27H29N3O3.CHCl3.Fe/c1-2-27(18-28-15-21-9-3-6-12-24(21)31,19-29-16-22-10-4-7-13-25(22)32)20-30-17-23-11-5-8-14-26(23)33;2-1(3)4;/h3-17,31-33H,2,18-20H2,1H3;1H;/q;;+3/p-3.